The van der Waals surface area contributed by atoms with Crippen molar-refractivity contribution in [3.63, 3.8) is 0 Å². The third-order valence-corrected chi connectivity index (χ3v) is 2.56. The van der Waals surface area contributed by atoms with Crippen LogP contribution in [0.2, 0.25) is 0 Å². The van der Waals surface area contributed by atoms with Crippen LogP contribution in [-0.4, -0.2) is 41.9 Å². The Bertz CT molecular complexity index is 326. The minimum absolute atomic E-state index is 0.682. The quantitative estimate of drug-likeness (QED) is 0.489. The third kappa shape index (κ3) is 5.67. The molecule has 0 aromatic carbocycles. The van der Waals surface area contributed by atoms with Crippen LogP contribution in [0.3, 0.4) is 0 Å². The maximum Gasteiger partial charge on any atom is 0.157 e. The number of hydrogen-bond acceptors (Lipinski definition) is 5. The molecule has 1 rings (SSSR count). The first kappa shape index (κ1) is 15.4. The highest BCUT2D eigenvalue weighted by Crippen LogP contribution is 1.98. The lowest BCUT2D eigenvalue weighted by Crippen LogP contribution is -2.58. The summed E-state index contributed by atoms with van der Waals surface area (Å²) in [5, 5.41) is 7.84. The maximum absolute atomic E-state index is 4.41. The van der Waals surface area contributed by atoms with Crippen LogP contribution < -0.4 is 11.0 Å². The third-order valence-electron chi connectivity index (χ3n) is 2.56. The molecule has 1 heterocycles. The molecule has 1 aliphatic rings. The fourth-order valence-electron chi connectivity index (χ4n) is 1.59. The number of rotatable bonds is 9. The van der Waals surface area contributed by atoms with Crippen LogP contribution in [0.15, 0.2) is 35.4 Å². The molecule has 0 aromatic rings. The molecule has 0 radical (unpaired) electrons. The molecule has 0 saturated carbocycles. The van der Waals surface area contributed by atoms with E-state index in [2.05, 4.69) is 41.1 Å². The molecular formula is C13H24N6. The number of nitrogens with one attached hydrogen (secondary N) is 2. The van der Waals surface area contributed by atoms with Crippen molar-refractivity contribution in [1.29, 1.82) is 0 Å². The smallest absolute Gasteiger partial charge is 0.157 e. The SMILES string of the molecule is C=CCN(CC=C)N1N=CC(=NCCCCC)NN1. The van der Waals surface area contributed by atoms with Gasteiger partial charge in [-0.3, -0.25) is 10.4 Å². The molecule has 0 aromatic heterocycles. The zero-order chi connectivity index (χ0) is 13.9. The Balaban J connectivity index is 2.46. The van der Waals surface area contributed by atoms with E-state index in [1.165, 1.54) is 12.8 Å². The summed E-state index contributed by atoms with van der Waals surface area (Å²) in [7, 11) is 0. The number of hydrazine groups is 3. The van der Waals surface area contributed by atoms with Crippen LogP contribution in [0.4, 0.5) is 0 Å². The normalized spacial score (nSPS) is 16.7. The summed E-state index contributed by atoms with van der Waals surface area (Å²) in [6, 6.07) is 0. The van der Waals surface area contributed by atoms with Gasteiger partial charge in [0, 0.05) is 19.6 Å². The van der Waals surface area contributed by atoms with Crippen molar-refractivity contribution in [2.24, 2.45) is 10.1 Å². The van der Waals surface area contributed by atoms with E-state index in [0.29, 0.717) is 13.1 Å². The highest BCUT2D eigenvalue weighted by Gasteiger charge is 2.14. The topological polar surface area (TPSA) is 55.3 Å². The van der Waals surface area contributed by atoms with Crippen LogP contribution in [0.5, 0.6) is 0 Å². The van der Waals surface area contributed by atoms with Crippen molar-refractivity contribution in [3.8, 4) is 0 Å². The van der Waals surface area contributed by atoms with E-state index in [1.807, 2.05) is 17.2 Å². The Hall–Kier alpha value is -1.66. The highest BCUT2D eigenvalue weighted by atomic mass is 16.0. The molecule has 1 aliphatic heterocycles. The van der Waals surface area contributed by atoms with Crippen LogP contribution in [0.25, 0.3) is 0 Å². The van der Waals surface area contributed by atoms with Gasteiger partial charge >= 0.3 is 0 Å². The minimum Gasteiger partial charge on any atom is -0.284 e. The molecule has 6 heteroatoms. The molecule has 0 atom stereocenters. The summed E-state index contributed by atoms with van der Waals surface area (Å²) in [5.41, 5.74) is 5.97. The second kappa shape index (κ2) is 9.29. The molecule has 0 aliphatic carbocycles. The lowest BCUT2D eigenvalue weighted by Gasteiger charge is -2.32. The number of amidine groups is 1. The molecule has 0 unspecified atom stereocenters. The molecular weight excluding hydrogens is 240 g/mol. The average molecular weight is 264 g/mol. The van der Waals surface area contributed by atoms with Gasteiger partial charge in [0.05, 0.1) is 6.21 Å². The number of hydrogen-bond donors (Lipinski definition) is 2. The molecule has 0 amide bonds. The second-order valence-corrected chi connectivity index (χ2v) is 4.19. The van der Waals surface area contributed by atoms with Crippen LogP contribution in [0, 0.1) is 0 Å². The fourth-order valence-corrected chi connectivity index (χ4v) is 1.59. The first-order valence-corrected chi connectivity index (χ1v) is 6.68. The predicted octanol–water partition coefficient (Wildman–Crippen LogP) is 1.47. The van der Waals surface area contributed by atoms with E-state index in [0.717, 1.165) is 18.8 Å². The summed E-state index contributed by atoms with van der Waals surface area (Å²) < 4.78 is 0. The average Bonchev–Trinajstić information content (AvgIpc) is 2.44. The summed E-state index contributed by atoms with van der Waals surface area (Å²) in [5.74, 6) is 0.754. The molecule has 2 N–H and O–H groups in total. The summed E-state index contributed by atoms with van der Waals surface area (Å²) in [4.78, 5) is 4.41. The van der Waals surface area contributed by atoms with E-state index in [1.54, 1.807) is 11.4 Å². The molecule has 6 nitrogen and oxygen atoms in total. The zero-order valence-corrected chi connectivity index (χ0v) is 11.7. The molecule has 0 fully saturated rings. The zero-order valence-electron chi connectivity index (χ0n) is 11.7. The van der Waals surface area contributed by atoms with Crippen molar-refractivity contribution in [2.75, 3.05) is 19.6 Å². The molecule has 0 bridgehead atoms. The van der Waals surface area contributed by atoms with Gasteiger partial charge in [-0.1, -0.05) is 31.9 Å². The largest absolute Gasteiger partial charge is 0.284 e. The maximum atomic E-state index is 4.41. The first-order valence-electron chi connectivity index (χ1n) is 6.68. The fraction of sp³-hybridized carbons (Fsp3) is 0.538. The Morgan fingerprint density at radius 2 is 2.11 bits per heavy atom. The molecule has 0 spiro atoms. The van der Waals surface area contributed by atoms with Crippen molar-refractivity contribution in [2.45, 2.75) is 26.2 Å². The van der Waals surface area contributed by atoms with Gasteiger partial charge in [0.1, 0.15) is 0 Å². The Morgan fingerprint density at radius 3 is 2.63 bits per heavy atom. The number of unbranched alkanes of at least 4 members (excludes halogenated alkanes) is 2. The predicted molar refractivity (Wildman–Crippen MR) is 80.4 cm³/mol. The number of aliphatic imine (C=N–C) groups is 1. The van der Waals surface area contributed by atoms with Gasteiger partial charge in [-0.25, -0.2) is 0 Å². The van der Waals surface area contributed by atoms with Crippen molar-refractivity contribution >= 4 is 12.1 Å². The number of hydrazone groups is 1. The summed E-state index contributed by atoms with van der Waals surface area (Å²) >= 11 is 0. The van der Waals surface area contributed by atoms with Gasteiger partial charge in [-0.2, -0.15) is 5.01 Å². The van der Waals surface area contributed by atoms with Crippen molar-refractivity contribution in [3.05, 3.63) is 25.3 Å². The number of nitrogens with zero attached hydrogens (tertiary/aromatic N) is 4. The lowest BCUT2D eigenvalue weighted by atomic mass is 10.2. The summed E-state index contributed by atoms with van der Waals surface area (Å²) in [6.07, 6.45) is 8.86. The minimum atomic E-state index is 0.682. The molecule has 106 valence electrons. The van der Waals surface area contributed by atoms with Crippen molar-refractivity contribution < 1.29 is 0 Å². The Labute approximate surface area is 115 Å². The molecule has 0 saturated heterocycles. The van der Waals surface area contributed by atoms with Gasteiger partial charge in [0.2, 0.25) is 0 Å². The monoisotopic (exact) mass is 264 g/mol. The van der Waals surface area contributed by atoms with Crippen LogP contribution in [0.1, 0.15) is 26.2 Å². The van der Waals surface area contributed by atoms with E-state index < -0.39 is 0 Å². The highest BCUT2D eigenvalue weighted by molar-refractivity contribution is 6.29. The van der Waals surface area contributed by atoms with Crippen LogP contribution >= 0.6 is 0 Å². The van der Waals surface area contributed by atoms with Gasteiger partial charge < -0.3 is 0 Å². The van der Waals surface area contributed by atoms with Gasteiger partial charge in [-0.05, 0) is 6.42 Å². The lowest BCUT2D eigenvalue weighted by molar-refractivity contribution is -0.0617. The van der Waals surface area contributed by atoms with Crippen LogP contribution in [-0.2, 0) is 0 Å². The first-order chi connectivity index (χ1) is 9.31. The second-order valence-electron chi connectivity index (χ2n) is 4.19. The van der Waals surface area contributed by atoms with E-state index >= 15 is 0 Å². The standard InChI is InChI=1S/C13H24N6/c1-4-7-8-9-14-13-12-15-19(17-16-13)18(10-5-2)11-6-3/h5-6,12,17H,2-4,7-11H2,1H3,(H,14,16). The van der Waals surface area contributed by atoms with Gasteiger partial charge in [0.25, 0.3) is 0 Å². The van der Waals surface area contributed by atoms with E-state index in [-0.39, 0.29) is 0 Å². The summed E-state index contributed by atoms with van der Waals surface area (Å²) in [6.45, 7) is 11.8. The van der Waals surface area contributed by atoms with E-state index in [9.17, 15) is 0 Å². The molecule has 19 heavy (non-hydrogen) atoms. The van der Waals surface area contributed by atoms with Gasteiger partial charge in [-0.15, -0.1) is 29.0 Å². The Kier molecular flexibility index (Phi) is 7.53. The Morgan fingerprint density at radius 1 is 1.37 bits per heavy atom. The van der Waals surface area contributed by atoms with Crippen molar-refractivity contribution in [1.82, 2.24) is 21.2 Å². The van der Waals surface area contributed by atoms with E-state index in [4.69, 9.17) is 0 Å². The van der Waals surface area contributed by atoms with Gasteiger partial charge in [0.15, 0.2) is 5.84 Å².